The Bertz CT molecular complexity index is 147. The fourth-order valence-electron chi connectivity index (χ4n) is 2.16. The molecule has 0 saturated carbocycles. The Morgan fingerprint density at radius 1 is 0.812 bits per heavy atom. The Morgan fingerprint density at radius 2 is 1.38 bits per heavy atom. The lowest BCUT2D eigenvalue weighted by Crippen LogP contribution is -2.33. The van der Waals surface area contributed by atoms with Crippen molar-refractivity contribution in [2.45, 2.75) is 44.9 Å². The van der Waals surface area contributed by atoms with Crippen LogP contribution in [0.1, 0.15) is 44.9 Å². The Hall–Kier alpha value is 0.660. The lowest BCUT2D eigenvalue weighted by atomic mass is 10.1. The van der Waals surface area contributed by atoms with E-state index in [1.807, 2.05) is 0 Å². The van der Waals surface area contributed by atoms with Crippen LogP contribution in [0.3, 0.4) is 0 Å². The van der Waals surface area contributed by atoms with E-state index in [0.717, 1.165) is 5.75 Å². The third kappa shape index (κ3) is 7.86. The maximum absolute atomic E-state index is 4.23. The molecule has 1 saturated heterocycles. The lowest BCUT2D eigenvalue weighted by Gasteiger charge is -2.25. The van der Waals surface area contributed by atoms with Crippen molar-refractivity contribution in [2.75, 3.05) is 36.9 Å². The quantitative estimate of drug-likeness (QED) is 0.498. The SMILES string of the molecule is SCCCCCCCCCN1CCSCC1. The molecule has 16 heavy (non-hydrogen) atoms. The van der Waals surface area contributed by atoms with Gasteiger partial charge in [-0.1, -0.05) is 32.1 Å². The van der Waals surface area contributed by atoms with Gasteiger partial charge in [-0.2, -0.15) is 24.4 Å². The Balaban J connectivity index is 1.77. The zero-order valence-electron chi connectivity index (χ0n) is 10.5. The van der Waals surface area contributed by atoms with Gasteiger partial charge in [0.1, 0.15) is 0 Å². The van der Waals surface area contributed by atoms with Crippen LogP contribution < -0.4 is 0 Å². The number of unbranched alkanes of at least 4 members (excludes halogenated alkanes) is 6. The molecule has 1 aliphatic rings. The van der Waals surface area contributed by atoms with Crippen LogP contribution in [-0.2, 0) is 0 Å². The van der Waals surface area contributed by atoms with Crippen molar-refractivity contribution in [1.82, 2.24) is 4.90 Å². The average Bonchev–Trinajstić information content (AvgIpc) is 2.34. The van der Waals surface area contributed by atoms with Crippen molar-refractivity contribution in [3.05, 3.63) is 0 Å². The zero-order chi connectivity index (χ0) is 11.5. The van der Waals surface area contributed by atoms with Crippen molar-refractivity contribution < 1.29 is 0 Å². The first-order chi connectivity index (χ1) is 7.93. The van der Waals surface area contributed by atoms with Crippen molar-refractivity contribution in [2.24, 2.45) is 0 Å². The second-order valence-corrected chi connectivity index (χ2v) is 6.32. The summed E-state index contributed by atoms with van der Waals surface area (Å²) in [6.45, 7) is 4.00. The van der Waals surface area contributed by atoms with Gasteiger partial charge in [-0.15, -0.1) is 0 Å². The molecule has 0 aromatic rings. The molecule has 1 nitrogen and oxygen atoms in total. The van der Waals surface area contributed by atoms with Crippen molar-refractivity contribution in [1.29, 1.82) is 0 Å². The molecule has 96 valence electrons. The molecule has 0 aromatic heterocycles. The molecule has 3 heteroatoms. The minimum atomic E-state index is 1.06. The summed E-state index contributed by atoms with van der Waals surface area (Å²) in [5.41, 5.74) is 0. The van der Waals surface area contributed by atoms with Crippen LogP contribution in [0.4, 0.5) is 0 Å². The van der Waals surface area contributed by atoms with Crippen LogP contribution in [0, 0.1) is 0 Å². The molecule has 0 N–H and O–H groups in total. The van der Waals surface area contributed by atoms with Gasteiger partial charge < -0.3 is 4.90 Å². The predicted octanol–water partition coefficient (Wildman–Crippen LogP) is 3.70. The van der Waals surface area contributed by atoms with Gasteiger partial charge in [0.2, 0.25) is 0 Å². The molecule has 0 spiro atoms. The maximum Gasteiger partial charge on any atom is 0.00727 e. The molecule has 0 bridgehead atoms. The van der Waals surface area contributed by atoms with Gasteiger partial charge in [0.05, 0.1) is 0 Å². The summed E-state index contributed by atoms with van der Waals surface area (Å²) in [6.07, 6.45) is 9.82. The zero-order valence-corrected chi connectivity index (χ0v) is 12.2. The van der Waals surface area contributed by atoms with E-state index in [4.69, 9.17) is 0 Å². The molecular formula is C13H27NS2. The standard InChI is InChI=1S/C13H27NS2/c15-11-7-5-3-1-2-4-6-8-14-9-12-16-13-10-14/h15H,1-13H2. The number of nitrogens with zero attached hydrogens (tertiary/aromatic N) is 1. The summed E-state index contributed by atoms with van der Waals surface area (Å²) >= 11 is 6.34. The number of thioether (sulfide) groups is 1. The Labute approximate surface area is 111 Å². The molecular weight excluding hydrogens is 234 g/mol. The molecule has 1 rings (SSSR count). The molecule has 0 aromatic carbocycles. The second-order valence-electron chi connectivity index (χ2n) is 4.65. The summed E-state index contributed by atoms with van der Waals surface area (Å²) in [5.74, 6) is 3.76. The first-order valence-electron chi connectivity index (χ1n) is 6.84. The lowest BCUT2D eigenvalue weighted by molar-refractivity contribution is 0.294. The first kappa shape index (κ1) is 14.7. The van der Waals surface area contributed by atoms with E-state index in [9.17, 15) is 0 Å². The summed E-state index contributed by atoms with van der Waals surface area (Å²) in [4.78, 5) is 2.64. The minimum Gasteiger partial charge on any atom is -0.302 e. The third-order valence-corrected chi connectivity index (χ3v) is 4.49. The van der Waals surface area contributed by atoms with Crippen molar-refractivity contribution in [3.8, 4) is 0 Å². The summed E-state index contributed by atoms with van der Waals surface area (Å²) in [6, 6.07) is 0. The van der Waals surface area contributed by atoms with Crippen LogP contribution in [0.25, 0.3) is 0 Å². The van der Waals surface area contributed by atoms with Gasteiger partial charge in [0, 0.05) is 24.6 Å². The van der Waals surface area contributed by atoms with Crippen LogP contribution in [0.15, 0.2) is 0 Å². The van der Waals surface area contributed by atoms with Crippen LogP contribution in [-0.4, -0.2) is 41.8 Å². The summed E-state index contributed by atoms with van der Waals surface area (Å²) in [5, 5.41) is 0. The van der Waals surface area contributed by atoms with Gasteiger partial charge in [-0.3, -0.25) is 0 Å². The molecule has 0 radical (unpaired) electrons. The molecule has 1 aliphatic heterocycles. The Morgan fingerprint density at radius 3 is 2.00 bits per heavy atom. The van der Waals surface area contributed by atoms with Crippen LogP contribution in [0.5, 0.6) is 0 Å². The highest BCUT2D eigenvalue weighted by atomic mass is 32.2. The highest BCUT2D eigenvalue weighted by Gasteiger charge is 2.08. The average molecular weight is 262 g/mol. The number of hydrogen-bond acceptors (Lipinski definition) is 3. The number of rotatable bonds is 9. The largest absolute Gasteiger partial charge is 0.302 e. The first-order valence-corrected chi connectivity index (χ1v) is 8.63. The number of thiol groups is 1. The molecule has 0 aliphatic carbocycles. The van der Waals surface area contributed by atoms with Gasteiger partial charge in [-0.25, -0.2) is 0 Å². The van der Waals surface area contributed by atoms with E-state index in [1.54, 1.807) is 0 Å². The Kier molecular flexibility index (Phi) is 9.93. The van der Waals surface area contributed by atoms with E-state index in [-0.39, 0.29) is 0 Å². The van der Waals surface area contributed by atoms with Crippen molar-refractivity contribution in [3.63, 3.8) is 0 Å². The van der Waals surface area contributed by atoms with Crippen molar-refractivity contribution >= 4 is 24.4 Å². The van der Waals surface area contributed by atoms with Gasteiger partial charge in [0.15, 0.2) is 0 Å². The molecule has 1 heterocycles. The topological polar surface area (TPSA) is 3.24 Å². The van der Waals surface area contributed by atoms with E-state index in [1.165, 1.54) is 76.1 Å². The second kappa shape index (κ2) is 10.8. The summed E-state index contributed by atoms with van der Waals surface area (Å²) in [7, 11) is 0. The predicted molar refractivity (Wildman–Crippen MR) is 79.9 cm³/mol. The fourth-order valence-corrected chi connectivity index (χ4v) is 3.36. The van der Waals surface area contributed by atoms with E-state index < -0.39 is 0 Å². The highest BCUT2D eigenvalue weighted by molar-refractivity contribution is 7.99. The monoisotopic (exact) mass is 261 g/mol. The van der Waals surface area contributed by atoms with E-state index >= 15 is 0 Å². The van der Waals surface area contributed by atoms with Gasteiger partial charge in [0.25, 0.3) is 0 Å². The van der Waals surface area contributed by atoms with E-state index in [0.29, 0.717) is 0 Å². The molecule has 0 unspecified atom stereocenters. The molecule has 0 atom stereocenters. The molecule has 1 fully saturated rings. The highest BCUT2D eigenvalue weighted by Crippen LogP contribution is 2.11. The van der Waals surface area contributed by atoms with Gasteiger partial charge >= 0.3 is 0 Å². The maximum atomic E-state index is 4.23. The fraction of sp³-hybridized carbons (Fsp3) is 1.00. The smallest absolute Gasteiger partial charge is 0.00727 e. The summed E-state index contributed by atoms with van der Waals surface area (Å²) < 4.78 is 0. The van der Waals surface area contributed by atoms with Crippen LogP contribution >= 0.6 is 24.4 Å². The number of hydrogen-bond donors (Lipinski definition) is 1. The normalized spacial score (nSPS) is 17.8. The van der Waals surface area contributed by atoms with Crippen LogP contribution in [0.2, 0.25) is 0 Å². The van der Waals surface area contributed by atoms with Gasteiger partial charge in [-0.05, 0) is 25.1 Å². The third-order valence-electron chi connectivity index (χ3n) is 3.24. The minimum absolute atomic E-state index is 1.06. The molecule has 0 amide bonds. The van der Waals surface area contributed by atoms with E-state index in [2.05, 4.69) is 29.3 Å².